The number of hydrogen-bond acceptors (Lipinski definition) is 2. The van der Waals surface area contributed by atoms with E-state index in [9.17, 15) is 9.59 Å². The van der Waals surface area contributed by atoms with Crippen LogP contribution in [0, 0.1) is 17.3 Å². The monoisotopic (exact) mass is 204 g/mol. The number of Topliss-reactive ketones (excluding diaryl/α,β-unsaturated/α-hetero) is 1. The lowest BCUT2D eigenvalue weighted by molar-refractivity contribution is -0.121. The van der Waals surface area contributed by atoms with Crippen LogP contribution in [0.3, 0.4) is 0 Å². The van der Waals surface area contributed by atoms with Gasteiger partial charge in [-0.15, -0.1) is 0 Å². The number of carbonyl (C=O) groups is 2. The van der Waals surface area contributed by atoms with Crippen LogP contribution in [-0.2, 0) is 9.59 Å². The molecule has 2 nitrogen and oxygen atoms in total. The van der Waals surface area contributed by atoms with Gasteiger partial charge in [0.15, 0.2) is 5.78 Å². The van der Waals surface area contributed by atoms with Crippen LogP contribution in [0.5, 0.6) is 0 Å². The van der Waals surface area contributed by atoms with Crippen LogP contribution >= 0.6 is 0 Å². The first kappa shape index (κ1) is 10.3. The Morgan fingerprint density at radius 1 is 1.33 bits per heavy atom. The van der Waals surface area contributed by atoms with Crippen molar-refractivity contribution in [2.45, 2.75) is 26.7 Å². The van der Waals surface area contributed by atoms with E-state index < -0.39 is 0 Å². The highest BCUT2D eigenvalue weighted by molar-refractivity contribution is 6.00. The Bertz CT molecular complexity index is 347. The molecule has 80 valence electrons. The maximum Gasteiger partial charge on any atom is 0.178 e. The van der Waals surface area contributed by atoms with E-state index in [1.165, 1.54) is 0 Å². The van der Waals surface area contributed by atoms with Gasteiger partial charge in [-0.2, -0.15) is 0 Å². The van der Waals surface area contributed by atoms with Crippen molar-refractivity contribution < 1.29 is 9.59 Å². The molecule has 2 aliphatic carbocycles. The number of allylic oxidation sites excluding steroid dienone is 4. The number of hydrogen-bond donors (Lipinski definition) is 0. The standard InChI is InChI=1S/C13H16O2/c1-9-7-13(8-12(9)10(2)14)5-3-11(15)4-6-13/h3-6,9,12H,7-8H2,1-2H3/t9-,12+/m0/s1. The summed E-state index contributed by atoms with van der Waals surface area (Å²) in [5.41, 5.74) is -0.0241. The molecule has 1 fully saturated rings. The van der Waals surface area contributed by atoms with E-state index in [4.69, 9.17) is 0 Å². The summed E-state index contributed by atoms with van der Waals surface area (Å²) in [6.07, 6.45) is 9.08. The minimum absolute atomic E-state index is 0.0241. The molecule has 0 aromatic heterocycles. The molecular formula is C13H16O2. The van der Waals surface area contributed by atoms with Crippen LogP contribution < -0.4 is 0 Å². The Kier molecular flexibility index (Phi) is 2.37. The van der Waals surface area contributed by atoms with Gasteiger partial charge in [-0.05, 0) is 37.8 Å². The molecular weight excluding hydrogens is 188 g/mol. The Labute approximate surface area is 90.1 Å². The van der Waals surface area contributed by atoms with E-state index in [0.717, 1.165) is 12.8 Å². The van der Waals surface area contributed by atoms with Crippen LogP contribution in [0.25, 0.3) is 0 Å². The van der Waals surface area contributed by atoms with Crippen LogP contribution in [-0.4, -0.2) is 11.6 Å². The lowest BCUT2D eigenvalue weighted by atomic mass is 9.81. The van der Waals surface area contributed by atoms with E-state index in [2.05, 4.69) is 6.92 Å². The highest BCUT2D eigenvalue weighted by Gasteiger charge is 2.42. The van der Waals surface area contributed by atoms with Gasteiger partial charge in [0.2, 0.25) is 0 Å². The highest BCUT2D eigenvalue weighted by atomic mass is 16.1. The summed E-state index contributed by atoms with van der Waals surface area (Å²) >= 11 is 0. The SMILES string of the molecule is CC(=O)[C@@H]1CC2(C=CC(=O)C=C2)C[C@@H]1C. The average molecular weight is 204 g/mol. The molecule has 2 heteroatoms. The topological polar surface area (TPSA) is 34.1 Å². The fourth-order valence-electron chi connectivity index (χ4n) is 2.86. The van der Waals surface area contributed by atoms with Crippen LogP contribution in [0.1, 0.15) is 26.7 Å². The van der Waals surface area contributed by atoms with Gasteiger partial charge in [0, 0.05) is 11.3 Å². The average Bonchev–Trinajstić information content (AvgIpc) is 2.50. The first-order chi connectivity index (χ1) is 7.02. The molecule has 0 radical (unpaired) electrons. The maximum atomic E-state index is 11.4. The molecule has 2 atom stereocenters. The summed E-state index contributed by atoms with van der Waals surface area (Å²) in [5, 5.41) is 0. The summed E-state index contributed by atoms with van der Waals surface area (Å²) in [4.78, 5) is 22.5. The van der Waals surface area contributed by atoms with Crippen molar-refractivity contribution in [3.8, 4) is 0 Å². The predicted molar refractivity (Wildman–Crippen MR) is 58.3 cm³/mol. The molecule has 0 bridgehead atoms. The highest BCUT2D eigenvalue weighted by Crippen LogP contribution is 2.48. The summed E-state index contributed by atoms with van der Waals surface area (Å²) < 4.78 is 0. The molecule has 0 aromatic rings. The molecule has 2 rings (SSSR count). The fourth-order valence-corrected chi connectivity index (χ4v) is 2.86. The minimum atomic E-state index is -0.0241. The third-order valence-electron chi connectivity index (χ3n) is 3.67. The molecule has 0 aliphatic heterocycles. The second-order valence-corrected chi connectivity index (χ2v) is 4.90. The molecule has 0 unspecified atom stereocenters. The van der Waals surface area contributed by atoms with E-state index in [1.54, 1.807) is 19.1 Å². The van der Waals surface area contributed by atoms with Gasteiger partial charge in [0.05, 0.1) is 0 Å². The largest absolute Gasteiger partial charge is 0.300 e. The second kappa shape index (κ2) is 3.44. The van der Waals surface area contributed by atoms with Crippen LogP contribution in [0.2, 0.25) is 0 Å². The van der Waals surface area contributed by atoms with Crippen molar-refractivity contribution in [2.75, 3.05) is 0 Å². The van der Waals surface area contributed by atoms with Crippen molar-refractivity contribution in [2.24, 2.45) is 17.3 Å². The lowest BCUT2D eigenvalue weighted by Crippen LogP contribution is -2.16. The van der Waals surface area contributed by atoms with Gasteiger partial charge in [-0.1, -0.05) is 19.1 Å². The molecule has 2 aliphatic rings. The molecule has 0 heterocycles. The zero-order valence-corrected chi connectivity index (χ0v) is 9.19. The molecule has 0 aromatic carbocycles. The minimum Gasteiger partial charge on any atom is -0.300 e. The van der Waals surface area contributed by atoms with Crippen molar-refractivity contribution in [1.29, 1.82) is 0 Å². The molecule has 0 saturated heterocycles. The first-order valence-corrected chi connectivity index (χ1v) is 5.45. The molecule has 0 amide bonds. The molecule has 1 saturated carbocycles. The summed E-state index contributed by atoms with van der Waals surface area (Å²) in [6, 6.07) is 0. The van der Waals surface area contributed by atoms with Gasteiger partial charge in [0.25, 0.3) is 0 Å². The van der Waals surface area contributed by atoms with Crippen LogP contribution in [0.15, 0.2) is 24.3 Å². The number of ketones is 2. The quantitative estimate of drug-likeness (QED) is 0.656. The Morgan fingerprint density at radius 2 is 1.93 bits per heavy atom. The first-order valence-electron chi connectivity index (χ1n) is 5.45. The van der Waals surface area contributed by atoms with Gasteiger partial charge in [-0.3, -0.25) is 9.59 Å². The Morgan fingerprint density at radius 3 is 2.40 bits per heavy atom. The smallest absolute Gasteiger partial charge is 0.178 e. The second-order valence-electron chi connectivity index (χ2n) is 4.90. The van der Waals surface area contributed by atoms with E-state index in [1.807, 2.05) is 12.2 Å². The van der Waals surface area contributed by atoms with Gasteiger partial charge < -0.3 is 0 Å². The molecule has 1 spiro atoms. The summed E-state index contributed by atoms with van der Waals surface area (Å²) in [6.45, 7) is 3.79. The van der Waals surface area contributed by atoms with Crippen molar-refractivity contribution in [1.82, 2.24) is 0 Å². The van der Waals surface area contributed by atoms with Crippen molar-refractivity contribution >= 4 is 11.6 Å². The third-order valence-corrected chi connectivity index (χ3v) is 3.67. The Balaban J connectivity index is 2.21. The number of rotatable bonds is 1. The van der Waals surface area contributed by atoms with Gasteiger partial charge >= 0.3 is 0 Å². The van der Waals surface area contributed by atoms with Gasteiger partial charge in [-0.25, -0.2) is 0 Å². The molecule has 0 N–H and O–H groups in total. The molecule has 15 heavy (non-hydrogen) atoms. The maximum absolute atomic E-state index is 11.4. The van der Waals surface area contributed by atoms with Gasteiger partial charge in [0.1, 0.15) is 5.78 Å². The fraction of sp³-hybridized carbons (Fsp3) is 0.538. The van der Waals surface area contributed by atoms with Crippen molar-refractivity contribution in [3.05, 3.63) is 24.3 Å². The lowest BCUT2D eigenvalue weighted by Gasteiger charge is -2.22. The van der Waals surface area contributed by atoms with E-state index in [-0.39, 0.29) is 22.9 Å². The number of carbonyl (C=O) groups excluding carboxylic acids is 2. The van der Waals surface area contributed by atoms with Crippen LogP contribution in [0.4, 0.5) is 0 Å². The summed E-state index contributed by atoms with van der Waals surface area (Å²) in [7, 11) is 0. The van der Waals surface area contributed by atoms with E-state index >= 15 is 0 Å². The summed E-state index contributed by atoms with van der Waals surface area (Å²) in [5.74, 6) is 0.912. The van der Waals surface area contributed by atoms with Crippen molar-refractivity contribution in [3.63, 3.8) is 0 Å². The zero-order valence-electron chi connectivity index (χ0n) is 9.19. The zero-order chi connectivity index (χ0) is 11.1. The van der Waals surface area contributed by atoms with E-state index in [0.29, 0.717) is 5.92 Å². The predicted octanol–water partition coefficient (Wildman–Crippen LogP) is 2.30. The Hall–Kier alpha value is -1.18. The third kappa shape index (κ3) is 1.81. The normalized spacial score (nSPS) is 32.5.